The van der Waals surface area contributed by atoms with Crippen molar-refractivity contribution in [2.24, 2.45) is 0 Å². The first-order chi connectivity index (χ1) is 12.0. The van der Waals surface area contributed by atoms with Crippen LogP contribution in [-0.4, -0.2) is 25.2 Å². The second kappa shape index (κ2) is 6.98. The lowest BCUT2D eigenvalue weighted by Crippen LogP contribution is -2.19. The second-order valence-electron chi connectivity index (χ2n) is 5.54. The lowest BCUT2D eigenvalue weighted by molar-refractivity contribution is 0.262. The van der Waals surface area contributed by atoms with Gasteiger partial charge in [-0.05, 0) is 37.1 Å². The third-order valence-corrected chi connectivity index (χ3v) is 4.93. The van der Waals surface area contributed by atoms with E-state index in [1.54, 1.807) is 25.3 Å². The molecule has 130 valence electrons. The molecular formula is C18H19N3O3S. The van der Waals surface area contributed by atoms with E-state index >= 15 is 0 Å². The topological polar surface area (TPSA) is 72.5 Å². The van der Waals surface area contributed by atoms with Crippen molar-refractivity contribution in [3.8, 4) is 11.5 Å². The van der Waals surface area contributed by atoms with Gasteiger partial charge in [-0.15, -0.1) is 0 Å². The molecule has 0 fully saturated rings. The molecule has 2 aromatic carbocycles. The Morgan fingerprint density at radius 1 is 1.04 bits per heavy atom. The van der Waals surface area contributed by atoms with Gasteiger partial charge in [-0.3, -0.25) is 5.32 Å². The van der Waals surface area contributed by atoms with Gasteiger partial charge in [0.1, 0.15) is 11.5 Å². The number of rotatable bonds is 4. The quantitative estimate of drug-likeness (QED) is 0.717. The molecule has 0 aliphatic rings. The van der Waals surface area contributed by atoms with Crippen LogP contribution < -0.4 is 20.1 Å². The molecule has 0 saturated carbocycles. The van der Waals surface area contributed by atoms with Gasteiger partial charge in [-0.1, -0.05) is 23.5 Å². The number of aryl methyl sites for hydroxylation is 2. The molecule has 0 saturated heterocycles. The standard InChI is InChI=1S/C18H19N3O3S/c1-10-5-6-11(2)16-15(10)20-18(25-16)21-17(22)19-13-8-7-12(23-3)9-14(13)24-4/h5-9H,1-4H3,(H2,19,20,21,22). The number of thiazole rings is 1. The molecule has 2 N–H and O–H groups in total. The van der Waals surface area contributed by atoms with Gasteiger partial charge in [-0.25, -0.2) is 9.78 Å². The summed E-state index contributed by atoms with van der Waals surface area (Å²) < 4.78 is 11.5. The first kappa shape index (κ1) is 17.0. The number of carbonyl (C=O) groups is 1. The van der Waals surface area contributed by atoms with Crippen molar-refractivity contribution in [3.63, 3.8) is 0 Å². The summed E-state index contributed by atoms with van der Waals surface area (Å²) in [6.07, 6.45) is 0. The van der Waals surface area contributed by atoms with E-state index in [2.05, 4.69) is 21.7 Å². The molecule has 7 heteroatoms. The highest BCUT2D eigenvalue weighted by Gasteiger charge is 2.13. The predicted molar refractivity (Wildman–Crippen MR) is 101 cm³/mol. The molecule has 0 atom stereocenters. The van der Waals surface area contributed by atoms with Gasteiger partial charge in [-0.2, -0.15) is 0 Å². The van der Waals surface area contributed by atoms with Crippen LogP contribution >= 0.6 is 11.3 Å². The van der Waals surface area contributed by atoms with E-state index in [-0.39, 0.29) is 6.03 Å². The van der Waals surface area contributed by atoms with E-state index in [1.165, 1.54) is 18.4 Å². The van der Waals surface area contributed by atoms with Crippen LogP contribution in [0.2, 0.25) is 0 Å². The van der Waals surface area contributed by atoms with Gasteiger partial charge in [0.2, 0.25) is 0 Å². The van der Waals surface area contributed by atoms with Crippen molar-refractivity contribution in [3.05, 3.63) is 41.5 Å². The number of nitrogens with zero attached hydrogens (tertiary/aromatic N) is 1. The zero-order chi connectivity index (χ0) is 18.0. The van der Waals surface area contributed by atoms with Crippen molar-refractivity contribution in [2.45, 2.75) is 13.8 Å². The molecule has 1 aromatic heterocycles. The Morgan fingerprint density at radius 2 is 1.80 bits per heavy atom. The van der Waals surface area contributed by atoms with Crippen molar-refractivity contribution >= 4 is 38.4 Å². The summed E-state index contributed by atoms with van der Waals surface area (Å²) in [5.74, 6) is 1.17. The van der Waals surface area contributed by atoms with Crippen LogP contribution in [0.25, 0.3) is 10.2 Å². The van der Waals surface area contributed by atoms with Crippen molar-refractivity contribution < 1.29 is 14.3 Å². The fourth-order valence-corrected chi connectivity index (χ4v) is 3.47. The highest BCUT2D eigenvalue weighted by molar-refractivity contribution is 7.22. The normalized spacial score (nSPS) is 10.6. The van der Waals surface area contributed by atoms with E-state index in [9.17, 15) is 4.79 Å². The minimum absolute atomic E-state index is 0.377. The number of benzene rings is 2. The SMILES string of the molecule is COc1ccc(NC(=O)Nc2nc3c(C)ccc(C)c3s2)c(OC)c1. The fourth-order valence-electron chi connectivity index (χ4n) is 2.47. The molecule has 0 aliphatic carbocycles. The Bertz CT molecular complexity index is 898. The third-order valence-electron chi connectivity index (χ3n) is 3.82. The minimum Gasteiger partial charge on any atom is -0.497 e. The molecule has 0 radical (unpaired) electrons. The Morgan fingerprint density at radius 3 is 2.48 bits per heavy atom. The smallest absolute Gasteiger partial charge is 0.325 e. The summed E-state index contributed by atoms with van der Waals surface area (Å²) in [5, 5.41) is 6.11. The number of aromatic nitrogens is 1. The number of methoxy groups -OCH3 is 2. The van der Waals surface area contributed by atoms with E-state index in [0.29, 0.717) is 22.3 Å². The number of hydrogen-bond acceptors (Lipinski definition) is 5. The predicted octanol–water partition coefficient (Wildman–Crippen LogP) is 4.57. The van der Waals surface area contributed by atoms with Gasteiger partial charge in [0.15, 0.2) is 5.13 Å². The van der Waals surface area contributed by atoms with Gasteiger partial charge >= 0.3 is 6.03 Å². The number of carbonyl (C=O) groups excluding carboxylic acids is 1. The van der Waals surface area contributed by atoms with E-state index in [0.717, 1.165) is 21.3 Å². The molecule has 0 spiro atoms. The Hall–Kier alpha value is -2.80. The average Bonchev–Trinajstić information content (AvgIpc) is 3.03. The maximum absolute atomic E-state index is 12.3. The number of urea groups is 1. The second-order valence-corrected chi connectivity index (χ2v) is 6.54. The lowest BCUT2D eigenvalue weighted by Gasteiger charge is -2.11. The summed E-state index contributed by atoms with van der Waals surface area (Å²) >= 11 is 1.46. The highest BCUT2D eigenvalue weighted by atomic mass is 32.1. The maximum atomic E-state index is 12.3. The Kier molecular flexibility index (Phi) is 4.76. The molecule has 0 aliphatic heterocycles. The number of ether oxygens (including phenoxy) is 2. The van der Waals surface area contributed by atoms with E-state index in [1.807, 2.05) is 19.9 Å². The zero-order valence-corrected chi connectivity index (χ0v) is 15.3. The van der Waals surface area contributed by atoms with Crippen LogP contribution in [0.3, 0.4) is 0 Å². The molecule has 2 amide bonds. The summed E-state index contributed by atoms with van der Waals surface area (Å²) in [6.45, 7) is 4.04. The molecule has 6 nitrogen and oxygen atoms in total. The largest absolute Gasteiger partial charge is 0.497 e. The van der Waals surface area contributed by atoms with E-state index < -0.39 is 0 Å². The molecular weight excluding hydrogens is 338 g/mol. The van der Waals surface area contributed by atoms with Crippen molar-refractivity contribution in [2.75, 3.05) is 24.9 Å². The van der Waals surface area contributed by atoms with Crippen LogP contribution in [0, 0.1) is 13.8 Å². The minimum atomic E-state index is -0.377. The van der Waals surface area contributed by atoms with Crippen LogP contribution in [0.15, 0.2) is 30.3 Å². The monoisotopic (exact) mass is 357 g/mol. The summed E-state index contributed by atoms with van der Waals surface area (Å²) in [4.78, 5) is 16.8. The van der Waals surface area contributed by atoms with Crippen molar-refractivity contribution in [1.82, 2.24) is 4.98 Å². The van der Waals surface area contributed by atoms with Gasteiger partial charge < -0.3 is 14.8 Å². The van der Waals surface area contributed by atoms with Gasteiger partial charge in [0, 0.05) is 6.07 Å². The van der Waals surface area contributed by atoms with Crippen LogP contribution in [0.1, 0.15) is 11.1 Å². The maximum Gasteiger partial charge on any atom is 0.325 e. The summed E-state index contributed by atoms with van der Waals surface area (Å²) in [5.41, 5.74) is 3.70. The van der Waals surface area contributed by atoms with Crippen molar-refractivity contribution in [1.29, 1.82) is 0 Å². The Labute approximate surface area is 149 Å². The summed E-state index contributed by atoms with van der Waals surface area (Å²) in [7, 11) is 3.11. The van der Waals surface area contributed by atoms with Crippen LogP contribution in [0.4, 0.5) is 15.6 Å². The molecule has 3 rings (SSSR count). The third kappa shape index (κ3) is 3.51. The van der Waals surface area contributed by atoms with Crippen LogP contribution in [0.5, 0.6) is 11.5 Å². The molecule has 0 bridgehead atoms. The number of nitrogens with one attached hydrogen (secondary N) is 2. The number of fused-ring (bicyclic) bond motifs is 1. The van der Waals surface area contributed by atoms with Crippen LogP contribution in [-0.2, 0) is 0 Å². The number of amides is 2. The molecule has 25 heavy (non-hydrogen) atoms. The summed E-state index contributed by atoms with van der Waals surface area (Å²) in [6, 6.07) is 8.90. The first-order valence-electron chi connectivity index (χ1n) is 7.68. The lowest BCUT2D eigenvalue weighted by atomic mass is 10.1. The number of anilines is 2. The van der Waals surface area contributed by atoms with E-state index in [4.69, 9.17) is 9.47 Å². The average molecular weight is 357 g/mol. The zero-order valence-electron chi connectivity index (χ0n) is 14.5. The molecule has 0 unspecified atom stereocenters. The molecule has 3 aromatic rings. The fraction of sp³-hybridized carbons (Fsp3) is 0.222. The first-order valence-corrected chi connectivity index (χ1v) is 8.50. The van der Waals surface area contributed by atoms with Gasteiger partial charge in [0.25, 0.3) is 0 Å². The Balaban J connectivity index is 1.79. The molecule has 1 heterocycles. The number of hydrogen-bond donors (Lipinski definition) is 2. The van der Waals surface area contributed by atoms with Gasteiger partial charge in [0.05, 0.1) is 30.1 Å². The highest BCUT2D eigenvalue weighted by Crippen LogP contribution is 2.32.